The van der Waals surface area contributed by atoms with Crippen LogP contribution < -0.4 is 20.1 Å². The van der Waals surface area contributed by atoms with E-state index >= 15 is 0 Å². The van der Waals surface area contributed by atoms with E-state index in [-0.39, 0.29) is 25.3 Å². The fourth-order valence-electron chi connectivity index (χ4n) is 4.13. The Kier molecular flexibility index (Phi) is 4.87. The second-order valence-electron chi connectivity index (χ2n) is 7.92. The van der Waals surface area contributed by atoms with Crippen LogP contribution in [0.2, 0.25) is 0 Å². The number of nitrogens with zero attached hydrogens (tertiary/aromatic N) is 1. The number of rotatable bonds is 5. The summed E-state index contributed by atoms with van der Waals surface area (Å²) in [5.74, 6) is 0.606. The number of imide groups is 1. The molecule has 8 heteroatoms. The van der Waals surface area contributed by atoms with Crippen molar-refractivity contribution in [2.24, 2.45) is 0 Å². The molecule has 2 N–H and O–H groups in total. The second-order valence-corrected chi connectivity index (χ2v) is 7.92. The summed E-state index contributed by atoms with van der Waals surface area (Å²) >= 11 is 0. The monoisotopic (exact) mass is 387 g/mol. The van der Waals surface area contributed by atoms with Crippen LogP contribution in [-0.4, -0.2) is 47.7 Å². The van der Waals surface area contributed by atoms with Gasteiger partial charge in [0, 0.05) is 12.5 Å². The highest BCUT2D eigenvalue weighted by molar-refractivity contribution is 6.09. The smallest absolute Gasteiger partial charge is 0.325 e. The van der Waals surface area contributed by atoms with Gasteiger partial charge in [-0.05, 0) is 37.5 Å². The Hall–Kier alpha value is -2.77. The molecule has 1 aromatic carbocycles. The molecular weight excluding hydrogens is 362 g/mol. The molecule has 3 aliphatic rings. The van der Waals surface area contributed by atoms with Gasteiger partial charge in [-0.15, -0.1) is 0 Å². The third kappa shape index (κ3) is 3.63. The van der Waals surface area contributed by atoms with Crippen LogP contribution >= 0.6 is 0 Å². The average molecular weight is 387 g/mol. The molecule has 1 saturated carbocycles. The first kappa shape index (κ1) is 18.6. The lowest BCUT2D eigenvalue weighted by molar-refractivity contribution is -0.134. The highest BCUT2D eigenvalue weighted by atomic mass is 16.7. The zero-order valence-corrected chi connectivity index (χ0v) is 16.0. The minimum Gasteiger partial charge on any atom is -0.454 e. The summed E-state index contributed by atoms with van der Waals surface area (Å²) in [6.45, 7) is 1.60. The minimum absolute atomic E-state index is 0.141. The number of ether oxygens (including phenoxy) is 2. The molecule has 4 rings (SSSR count). The van der Waals surface area contributed by atoms with E-state index in [4.69, 9.17) is 9.47 Å². The number of hydrogen-bond acceptors (Lipinski definition) is 5. The Balaban J connectivity index is 1.40. The van der Waals surface area contributed by atoms with Gasteiger partial charge in [0.05, 0.1) is 0 Å². The van der Waals surface area contributed by atoms with Gasteiger partial charge >= 0.3 is 6.03 Å². The maximum Gasteiger partial charge on any atom is 0.325 e. The van der Waals surface area contributed by atoms with Gasteiger partial charge in [-0.2, -0.15) is 0 Å². The van der Waals surface area contributed by atoms with Crippen LogP contribution in [0.25, 0.3) is 0 Å². The molecule has 2 aliphatic heterocycles. The summed E-state index contributed by atoms with van der Waals surface area (Å²) in [5.41, 5.74) is -0.260. The SMILES string of the molecule is C[C@@]1(Cc2ccc3c(c2)OCO3)NC(=O)N(CC(=O)NC2CCCCC2)C1=O. The number of amides is 4. The predicted octanol–water partition coefficient (Wildman–Crippen LogP) is 1.72. The molecule has 0 spiro atoms. The molecule has 2 fully saturated rings. The van der Waals surface area contributed by atoms with Gasteiger partial charge in [0.25, 0.3) is 5.91 Å². The summed E-state index contributed by atoms with van der Waals surface area (Å²) < 4.78 is 10.7. The molecule has 0 bridgehead atoms. The molecule has 0 unspecified atom stereocenters. The maximum absolute atomic E-state index is 12.9. The van der Waals surface area contributed by atoms with Gasteiger partial charge < -0.3 is 20.1 Å². The van der Waals surface area contributed by atoms with Gasteiger partial charge in [0.15, 0.2) is 11.5 Å². The highest BCUT2D eigenvalue weighted by Crippen LogP contribution is 2.34. The summed E-state index contributed by atoms with van der Waals surface area (Å²) in [6.07, 6.45) is 5.59. The number of hydrogen-bond donors (Lipinski definition) is 2. The number of carbonyl (C=O) groups excluding carboxylic acids is 3. The van der Waals surface area contributed by atoms with Crippen LogP contribution in [0.15, 0.2) is 18.2 Å². The van der Waals surface area contributed by atoms with Crippen LogP contribution in [0.3, 0.4) is 0 Å². The molecule has 8 nitrogen and oxygen atoms in total. The Bertz CT molecular complexity index is 805. The van der Waals surface area contributed by atoms with Crippen molar-refractivity contribution in [3.63, 3.8) is 0 Å². The third-order valence-electron chi connectivity index (χ3n) is 5.61. The lowest BCUT2D eigenvalue weighted by Crippen LogP contribution is -2.47. The van der Waals surface area contributed by atoms with Gasteiger partial charge in [-0.3, -0.25) is 14.5 Å². The lowest BCUT2D eigenvalue weighted by Gasteiger charge is -2.24. The molecule has 4 amide bonds. The van der Waals surface area contributed by atoms with Crippen LogP contribution in [0.5, 0.6) is 11.5 Å². The Morgan fingerprint density at radius 1 is 1.21 bits per heavy atom. The molecule has 150 valence electrons. The van der Waals surface area contributed by atoms with Gasteiger partial charge in [0.2, 0.25) is 12.7 Å². The number of fused-ring (bicyclic) bond motifs is 1. The Labute approximate surface area is 163 Å². The molecular formula is C20H25N3O5. The third-order valence-corrected chi connectivity index (χ3v) is 5.61. The quantitative estimate of drug-likeness (QED) is 0.750. The van der Waals surface area contributed by atoms with Crippen LogP contribution in [0.4, 0.5) is 4.79 Å². The lowest BCUT2D eigenvalue weighted by atomic mass is 9.92. The molecule has 0 aromatic heterocycles. The first-order valence-corrected chi connectivity index (χ1v) is 9.77. The van der Waals surface area contributed by atoms with E-state index in [1.807, 2.05) is 12.1 Å². The zero-order chi connectivity index (χ0) is 19.7. The summed E-state index contributed by atoms with van der Waals surface area (Å²) in [4.78, 5) is 38.6. The van der Waals surface area contributed by atoms with E-state index in [0.29, 0.717) is 17.9 Å². The van der Waals surface area contributed by atoms with E-state index in [2.05, 4.69) is 10.6 Å². The number of benzene rings is 1. The largest absolute Gasteiger partial charge is 0.454 e. The van der Waals surface area contributed by atoms with Gasteiger partial charge in [-0.1, -0.05) is 25.3 Å². The molecule has 1 saturated heterocycles. The van der Waals surface area contributed by atoms with Crippen molar-refractivity contribution in [2.75, 3.05) is 13.3 Å². The van der Waals surface area contributed by atoms with Crippen molar-refractivity contribution in [2.45, 2.75) is 57.0 Å². The standard InChI is InChI=1S/C20H25N3O5/c1-20(10-13-7-8-15-16(9-13)28-12-27-15)18(25)23(19(26)22-20)11-17(24)21-14-5-3-2-4-6-14/h7-9,14H,2-6,10-12H2,1H3,(H,21,24)(H,22,26)/t20-/m0/s1. The second kappa shape index (κ2) is 7.33. The maximum atomic E-state index is 12.9. The molecule has 28 heavy (non-hydrogen) atoms. The van der Waals surface area contributed by atoms with Gasteiger partial charge in [0.1, 0.15) is 12.1 Å². The fraction of sp³-hybridized carbons (Fsp3) is 0.550. The first-order valence-electron chi connectivity index (χ1n) is 9.77. The normalized spacial score (nSPS) is 24.4. The van der Waals surface area contributed by atoms with Crippen molar-refractivity contribution in [3.8, 4) is 11.5 Å². The first-order chi connectivity index (χ1) is 13.4. The Morgan fingerprint density at radius 3 is 2.75 bits per heavy atom. The van der Waals surface area contributed by atoms with E-state index in [9.17, 15) is 14.4 Å². The van der Waals surface area contributed by atoms with Crippen LogP contribution in [0.1, 0.15) is 44.6 Å². The summed E-state index contributed by atoms with van der Waals surface area (Å²) in [6, 6.07) is 5.05. The van der Waals surface area contributed by atoms with E-state index in [1.54, 1.807) is 13.0 Å². The minimum atomic E-state index is -1.10. The molecule has 0 radical (unpaired) electrons. The average Bonchev–Trinajstić information content (AvgIpc) is 3.21. The number of carbonyl (C=O) groups is 3. The summed E-state index contributed by atoms with van der Waals surface area (Å²) in [5, 5.41) is 5.69. The number of urea groups is 1. The van der Waals surface area contributed by atoms with Crippen molar-refractivity contribution >= 4 is 17.8 Å². The molecule has 1 atom stereocenters. The van der Waals surface area contributed by atoms with E-state index < -0.39 is 17.5 Å². The van der Waals surface area contributed by atoms with Crippen LogP contribution in [0, 0.1) is 0 Å². The zero-order valence-electron chi connectivity index (χ0n) is 16.0. The van der Waals surface area contributed by atoms with Crippen molar-refractivity contribution < 1.29 is 23.9 Å². The van der Waals surface area contributed by atoms with E-state index in [0.717, 1.165) is 36.1 Å². The fourth-order valence-corrected chi connectivity index (χ4v) is 4.13. The number of nitrogens with one attached hydrogen (secondary N) is 2. The molecule has 1 aromatic rings. The molecule has 2 heterocycles. The predicted molar refractivity (Wildman–Crippen MR) is 99.9 cm³/mol. The van der Waals surface area contributed by atoms with Gasteiger partial charge in [-0.25, -0.2) is 4.79 Å². The van der Waals surface area contributed by atoms with Crippen molar-refractivity contribution in [1.29, 1.82) is 0 Å². The van der Waals surface area contributed by atoms with Crippen molar-refractivity contribution in [3.05, 3.63) is 23.8 Å². The Morgan fingerprint density at radius 2 is 1.96 bits per heavy atom. The summed E-state index contributed by atoms with van der Waals surface area (Å²) in [7, 11) is 0. The van der Waals surface area contributed by atoms with Crippen molar-refractivity contribution in [1.82, 2.24) is 15.5 Å². The topological polar surface area (TPSA) is 97.0 Å². The van der Waals surface area contributed by atoms with E-state index in [1.165, 1.54) is 6.42 Å². The molecule has 1 aliphatic carbocycles. The highest BCUT2D eigenvalue weighted by Gasteiger charge is 2.48. The van der Waals surface area contributed by atoms with Crippen LogP contribution in [-0.2, 0) is 16.0 Å².